The van der Waals surface area contributed by atoms with Gasteiger partial charge in [-0.2, -0.15) is 5.10 Å². The molecule has 1 saturated heterocycles. The SMILES string of the molecule is CCN(CC)c1ccc(/C=N\NC(=O)C2CC(c3ccc(F)cc3)NN2)cc1. The van der Waals surface area contributed by atoms with Crippen LogP contribution in [0.4, 0.5) is 10.1 Å². The molecule has 2 aromatic carbocycles. The van der Waals surface area contributed by atoms with Crippen LogP contribution in [0, 0.1) is 5.82 Å². The highest BCUT2D eigenvalue weighted by atomic mass is 19.1. The molecule has 3 N–H and O–H groups in total. The Morgan fingerprint density at radius 2 is 1.82 bits per heavy atom. The molecule has 7 heteroatoms. The second kappa shape index (κ2) is 9.43. The number of anilines is 1. The van der Waals surface area contributed by atoms with Crippen LogP contribution >= 0.6 is 0 Å². The summed E-state index contributed by atoms with van der Waals surface area (Å²) in [6, 6.07) is 13.9. The minimum atomic E-state index is -0.405. The molecule has 0 radical (unpaired) electrons. The molecule has 2 unspecified atom stereocenters. The van der Waals surface area contributed by atoms with E-state index in [1.807, 2.05) is 24.3 Å². The summed E-state index contributed by atoms with van der Waals surface area (Å²) in [6.45, 7) is 6.17. The number of hydrogen-bond acceptors (Lipinski definition) is 5. The summed E-state index contributed by atoms with van der Waals surface area (Å²) in [5.74, 6) is -0.489. The zero-order chi connectivity index (χ0) is 19.9. The lowest BCUT2D eigenvalue weighted by Crippen LogP contribution is -2.41. The molecule has 1 aliphatic rings. The number of halogens is 1. The van der Waals surface area contributed by atoms with E-state index >= 15 is 0 Å². The Kier molecular flexibility index (Phi) is 6.73. The van der Waals surface area contributed by atoms with E-state index in [1.165, 1.54) is 17.8 Å². The number of hydrogen-bond donors (Lipinski definition) is 3. The van der Waals surface area contributed by atoms with E-state index in [1.54, 1.807) is 18.3 Å². The van der Waals surface area contributed by atoms with Gasteiger partial charge in [-0.25, -0.2) is 20.7 Å². The van der Waals surface area contributed by atoms with E-state index in [-0.39, 0.29) is 17.8 Å². The van der Waals surface area contributed by atoms with Gasteiger partial charge in [0.15, 0.2) is 0 Å². The standard InChI is InChI=1S/C21H26FN5O/c1-3-27(4-2)18-11-5-15(6-12-18)14-23-26-21(28)20-13-19(24-25-20)16-7-9-17(22)10-8-16/h5-12,14,19-20,24-25H,3-4,13H2,1-2H3,(H,26,28)/b23-14-. The minimum absolute atomic E-state index is 0.0482. The summed E-state index contributed by atoms with van der Waals surface area (Å²) < 4.78 is 13.0. The van der Waals surface area contributed by atoms with Crippen molar-refractivity contribution in [3.05, 3.63) is 65.5 Å². The molecular formula is C21H26FN5O. The van der Waals surface area contributed by atoms with Crippen molar-refractivity contribution < 1.29 is 9.18 Å². The van der Waals surface area contributed by atoms with Crippen LogP contribution in [0.2, 0.25) is 0 Å². The summed E-state index contributed by atoms with van der Waals surface area (Å²) >= 11 is 0. The molecule has 0 bridgehead atoms. The number of carbonyl (C=O) groups excluding carboxylic acids is 1. The first-order chi connectivity index (χ1) is 13.6. The Morgan fingerprint density at radius 1 is 1.14 bits per heavy atom. The Balaban J connectivity index is 1.50. The highest BCUT2D eigenvalue weighted by molar-refractivity contribution is 5.85. The summed E-state index contributed by atoms with van der Waals surface area (Å²) in [4.78, 5) is 14.6. The highest BCUT2D eigenvalue weighted by Gasteiger charge is 2.29. The fourth-order valence-electron chi connectivity index (χ4n) is 3.25. The number of nitrogens with one attached hydrogen (secondary N) is 3. The number of amides is 1. The Morgan fingerprint density at radius 3 is 2.46 bits per heavy atom. The lowest BCUT2D eigenvalue weighted by Gasteiger charge is -2.20. The summed E-state index contributed by atoms with van der Waals surface area (Å²) in [5, 5.41) is 4.05. The Hall–Kier alpha value is -2.77. The zero-order valence-electron chi connectivity index (χ0n) is 16.2. The number of rotatable bonds is 7. The largest absolute Gasteiger partial charge is 0.372 e. The number of hydrazone groups is 1. The first kappa shape index (κ1) is 20.0. The van der Waals surface area contributed by atoms with Crippen LogP contribution < -0.4 is 21.2 Å². The van der Waals surface area contributed by atoms with E-state index < -0.39 is 6.04 Å². The lowest BCUT2D eigenvalue weighted by atomic mass is 10.0. The van der Waals surface area contributed by atoms with Gasteiger partial charge in [0.05, 0.1) is 6.21 Å². The molecule has 148 valence electrons. The number of benzene rings is 2. The second-order valence-electron chi connectivity index (χ2n) is 6.68. The molecule has 2 aromatic rings. The van der Waals surface area contributed by atoms with Gasteiger partial charge in [0.25, 0.3) is 5.91 Å². The minimum Gasteiger partial charge on any atom is -0.372 e. The molecule has 1 heterocycles. The monoisotopic (exact) mass is 383 g/mol. The molecule has 2 atom stereocenters. The quantitative estimate of drug-likeness (QED) is 0.508. The Bertz CT molecular complexity index is 803. The fourth-order valence-corrected chi connectivity index (χ4v) is 3.25. The average Bonchev–Trinajstić information content (AvgIpc) is 3.21. The van der Waals surface area contributed by atoms with Gasteiger partial charge in [0.2, 0.25) is 0 Å². The van der Waals surface area contributed by atoms with Crippen LogP contribution in [0.25, 0.3) is 0 Å². The highest BCUT2D eigenvalue weighted by Crippen LogP contribution is 2.22. The van der Waals surface area contributed by atoms with Crippen molar-refractivity contribution in [2.45, 2.75) is 32.4 Å². The molecule has 3 rings (SSSR count). The number of nitrogens with zero attached hydrogens (tertiary/aromatic N) is 2. The average molecular weight is 383 g/mol. The first-order valence-corrected chi connectivity index (χ1v) is 9.55. The maximum Gasteiger partial charge on any atom is 0.258 e. The van der Waals surface area contributed by atoms with Gasteiger partial charge in [-0.05, 0) is 55.7 Å². The van der Waals surface area contributed by atoms with Gasteiger partial charge in [0, 0.05) is 24.8 Å². The number of hydrazine groups is 1. The van der Waals surface area contributed by atoms with Crippen LogP contribution in [0.1, 0.15) is 37.4 Å². The van der Waals surface area contributed by atoms with Crippen molar-refractivity contribution in [3.63, 3.8) is 0 Å². The predicted molar refractivity (Wildman–Crippen MR) is 110 cm³/mol. The van der Waals surface area contributed by atoms with E-state index in [4.69, 9.17) is 0 Å². The summed E-state index contributed by atoms with van der Waals surface area (Å²) in [6.07, 6.45) is 2.19. The molecule has 0 spiro atoms. The van der Waals surface area contributed by atoms with Crippen LogP contribution in [0.5, 0.6) is 0 Å². The molecule has 0 saturated carbocycles. The van der Waals surface area contributed by atoms with Gasteiger partial charge < -0.3 is 4.90 Å². The van der Waals surface area contributed by atoms with Gasteiger partial charge in [0.1, 0.15) is 11.9 Å². The molecule has 0 aliphatic carbocycles. The third-order valence-corrected chi connectivity index (χ3v) is 4.90. The molecule has 1 fully saturated rings. The van der Waals surface area contributed by atoms with E-state index in [2.05, 4.69) is 40.1 Å². The maximum absolute atomic E-state index is 13.0. The van der Waals surface area contributed by atoms with Gasteiger partial charge in [-0.15, -0.1) is 0 Å². The third-order valence-electron chi connectivity index (χ3n) is 4.90. The van der Waals surface area contributed by atoms with Crippen molar-refractivity contribution in [1.82, 2.24) is 16.3 Å². The van der Waals surface area contributed by atoms with Gasteiger partial charge >= 0.3 is 0 Å². The normalized spacial score (nSPS) is 19.1. The first-order valence-electron chi connectivity index (χ1n) is 9.55. The van der Waals surface area contributed by atoms with Crippen LogP contribution in [0.3, 0.4) is 0 Å². The van der Waals surface area contributed by atoms with Crippen molar-refractivity contribution in [3.8, 4) is 0 Å². The van der Waals surface area contributed by atoms with Crippen LogP contribution in [-0.4, -0.2) is 31.3 Å². The van der Waals surface area contributed by atoms with Crippen molar-refractivity contribution in [2.24, 2.45) is 5.10 Å². The molecule has 1 aliphatic heterocycles. The van der Waals surface area contributed by atoms with E-state index in [9.17, 15) is 9.18 Å². The lowest BCUT2D eigenvalue weighted by molar-refractivity contribution is -0.122. The molecule has 6 nitrogen and oxygen atoms in total. The van der Waals surface area contributed by atoms with Crippen LogP contribution in [0.15, 0.2) is 53.6 Å². The van der Waals surface area contributed by atoms with Crippen molar-refractivity contribution >= 4 is 17.8 Å². The topological polar surface area (TPSA) is 68.8 Å². The van der Waals surface area contributed by atoms with Crippen molar-refractivity contribution in [1.29, 1.82) is 0 Å². The third kappa shape index (κ3) is 4.94. The molecule has 0 aromatic heterocycles. The van der Waals surface area contributed by atoms with Gasteiger partial charge in [-0.1, -0.05) is 24.3 Å². The molecule has 1 amide bonds. The second-order valence-corrected chi connectivity index (χ2v) is 6.68. The fraction of sp³-hybridized carbons (Fsp3) is 0.333. The van der Waals surface area contributed by atoms with Crippen LogP contribution in [-0.2, 0) is 4.79 Å². The zero-order valence-corrected chi connectivity index (χ0v) is 16.2. The van der Waals surface area contributed by atoms with Crippen molar-refractivity contribution in [2.75, 3.05) is 18.0 Å². The van der Waals surface area contributed by atoms with Gasteiger partial charge in [-0.3, -0.25) is 4.79 Å². The molecule has 28 heavy (non-hydrogen) atoms. The summed E-state index contributed by atoms with van der Waals surface area (Å²) in [5.41, 5.74) is 11.6. The van der Waals surface area contributed by atoms with E-state index in [0.29, 0.717) is 6.42 Å². The summed E-state index contributed by atoms with van der Waals surface area (Å²) in [7, 11) is 0. The maximum atomic E-state index is 13.0. The smallest absolute Gasteiger partial charge is 0.258 e. The molecular weight excluding hydrogens is 357 g/mol. The predicted octanol–water partition coefficient (Wildman–Crippen LogP) is 2.73. The Labute approximate surface area is 164 Å². The number of carbonyl (C=O) groups is 1. The van der Waals surface area contributed by atoms with E-state index in [0.717, 1.165) is 24.2 Å².